The molecule has 2 nitrogen and oxygen atoms in total. The maximum absolute atomic E-state index is 6.49. The number of fused-ring (bicyclic) bond motifs is 13. The summed E-state index contributed by atoms with van der Waals surface area (Å²) >= 11 is 0.139. The molecule has 17 rings (SSSR count). The SMILES string of the molecule is c1ccc(-c2ccc3oc4ccc(-c5c6ccccc6c(-c6ccc7[se]c8cccc(-c9c%10ccccc%10c(-c%10ccc%11oc%12ccc(-c%13ccccc%13)cc%12c%11c%10)c%10ccccc9%10)c8c7c6)c6ccccc56)cc4c3c2)cc1. The van der Waals surface area contributed by atoms with Gasteiger partial charge in [-0.1, -0.05) is 72.8 Å². The van der Waals surface area contributed by atoms with Crippen LogP contribution in [0, 0.1) is 0 Å². The van der Waals surface area contributed by atoms with E-state index in [1.165, 1.54) is 129 Å². The third-order valence-electron chi connectivity index (χ3n) is 16.6. The fourth-order valence-electron chi connectivity index (χ4n) is 13.2. The van der Waals surface area contributed by atoms with Gasteiger partial charge in [-0.3, -0.25) is 0 Å². The Bertz CT molecular complexity index is 5250. The molecule has 0 aliphatic heterocycles. The summed E-state index contributed by atoms with van der Waals surface area (Å²) in [6, 6.07) is 98.4. The Hall–Kier alpha value is -9.76. The van der Waals surface area contributed by atoms with Crippen molar-refractivity contribution in [2.75, 3.05) is 0 Å². The van der Waals surface area contributed by atoms with Gasteiger partial charge in [-0.2, -0.15) is 0 Å². The van der Waals surface area contributed by atoms with Crippen LogP contribution >= 0.6 is 0 Å². The molecule has 3 aromatic heterocycles. The van der Waals surface area contributed by atoms with Crippen LogP contribution in [0.3, 0.4) is 0 Å². The van der Waals surface area contributed by atoms with Crippen molar-refractivity contribution in [3.63, 3.8) is 0 Å². The molecule has 79 heavy (non-hydrogen) atoms. The van der Waals surface area contributed by atoms with E-state index in [2.05, 4.69) is 267 Å². The molecule has 14 aromatic carbocycles. The smallest absolute Gasteiger partial charge is 0.0617 e. The molecule has 0 aliphatic rings. The molecule has 3 heteroatoms. The van der Waals surface area contributed by atoms with E-state index in [0.717, 1.165) is 43.9 Å². The molecule has 0 atom stereocenters. The third-order valence-corrected chi connectivity index (χ3v) is 19.0. The molecular weight excluding hydrogens is 1020 g/mol. The van der Waals surface area contributed by atoms with Gasteiger partial charge in [0.2, 0.25) is 0 Å². The number of hydrogen-bond donors (Lipinski definition) is 0. The Balaban J connectivity index is 0.850. The fraction of sp³-hybridized carbons (Fsp3) is 0. The Morgan fingerprint density at radius 2 is 0.532 bits per heavy atom. The third kappa shape index (κ3) is 6.84. The zero-order valence-corrected chi connectivity index (χ0v) is 44.3. The summed E-state index contributed by atoms with van der Waals surface area (Å²) < 4.78 is 15.8. The van der Waals surface area contributed by atoms with Crippen LogP contribution in [0.2, 0.25) is 0 Å². The van der Waals surface area contributed by atoms with Gasteiger partial charge in [0.15, 0.2) is 0 Å². The normalized spacial score (nSPS) is 12.1. The molecule has 366 valence electrons. The van der Waals surface area contributed by atoms with Crippen molar-refractivity contribution in [3.05, 3.63) is 267 Å². The second-order valence-corrected chi connectivity index (χ2v) is 23.2. The standard InChI is InChI=1S/C76H44O2Se/c1-3-16-45(17-4-1)47-30-35-66-61(40-47)63-42-49(32-37-68(63)77-66)72-52-20-7-9-22-54(52)74(55-23-10-8-21-53(55)72)51-34-39-70-65(44-51)76-60(28-15-29-71(76)79-70)75-58-26-13-11-24-56(58)73(57-25-12-14-27-59(57)75)50-33-38-69-64(43-50)62-41-48(31-36-67(62)78-69)46-18-5-2-6-19-46/h1-44H. The topological polar surface area (TPSA) is 26.3 Å². The summed E-state index contributed by atoms with van der Waals surface area (Å²) in [7, 11) is 0. The van der Waals surface area contributed by atoms with Crippen LogP contribution in [0.1, 0.15) is 0 Å². The van der Waals surface area contributed by atoms with Crippen molar-refractivity contribution >= 4 is 121 Å². The predicted octanol–water partition coefficient (Wildman–Crippen LogP) is 21.5. The minimum Gasteiger partial charge on any atom is -0.0617 e. The summed E-state index contributed by atoms with van der Waals surface area (Å²) in [4.78, 5) is 0. The van der Waals surface area contributed by atoms with Gasteiger partial charge < -0.3 is 4.42 Å². The average Bonchev–Trinajstić information content (AvgIpc) is 4.39. The van der Waals surface area contributed by atoms with Crippen LogP contribution in [-0.2, 0) is 0 Å². The first-order valence-electron chi connectivity index (χ1n) is 27.0. The maximum atomic E-state index is 6.49. The average molecular weight is 1070 g/mol. The van der Waals surface area contributed by atoms with E-state index in [1.807, 2.05) is 0 Å². The van der Waals surface area contributed by atoms with E-state index in [4.69, 9.17) is 8.83 Å². The zero-order valence-electron chi connectivity index (χ0n) is 42.6. The number of benzene rings is 14. The molecule has 0 fully saturated rings. The molecule has 0 bridgehead atoms. The van der Waals surface area contributed by atoms with Crippen molar-refractivity contribution in [1.82, 2.24) is 0 Å². The second-order valence-electron chi connectivity index (χ2n) is 21.0. The zero-order chi connectivity index (χ0) is 51.7. The molecular formula is C76H44O2Se. The quantitative estimate of drug-likeness (QED) is 0.123. The molecule has 0 radical (unpaired) electrons. The molecule has 0 spiro atoms. The Morgan fingerprint density at radius 3 is 0.937 bits per heavy atom. The van der Waals surface area contributed by atoms with Crippen LogP contribution in [0.25, 0.3) is 173 Å². The van der Waals surface area contributed by atoms with Crippen molar-refractivity contribution in [2.24, 2.45) is 0 Å². The summed E-state index contributed by atoms with van der Waals surface area (Å²) in [5, 5.41) is 17.1. The summed E-state index contributed by atoms with van der Waals surface area (Å²) in [6.45, 7) is 0. The van der Waals surface area contributed by atoms with E-state index in [0.29, 0.717) is 0 Å². The van der Waals surface area contributed by atoms with Crippen molar-refractivity contribution in [1.29, 1.82) is 0 Å². The van der Waals surface area contributed by atoms with Gasteiger partial charge in [0.05, 0.1) is 0 Å². The second kappa shape index (κ2) is 17.4. The molecule has 0 saturated carbocycles. The predicted molar refractivity (Wildman–Crippen MR) is 336 cm³/mol. The number of rotatable bonds is 6. The van der Waals surface area contributed by atoms with Gasteiger partial charge in [-0.05, 0) is 40.5 Å². The number of furan rings is 2. The fourth-order valence-corrected chi connectivity index (χ4v) is 15.5. The van der Waals surface area contributed by atoms with E-state index in [9.17, 15) is 0 Å². The molecule has 0 amide bonds. The van der Waals surface area contributed by atoms with E-state index < -0.39 is 0 Å². The van der Waals surface area contributed by atoms with Gasteiger partial charge in [0.1, 0.15) is 5.58 Å². The van der Waals surface area contributed by atoms with Gasteiger partial charge >= 0.3 is 340 Å². The van der Waals surface area contributed by atoms with E-state index >= 15 is 0 Å². The molecule has 0 saturated heterocycles. The van der Waals surface area contributed by atoms with Gasteiger partial charge in [0, 0.05) is 0 Å². The first-order chi connectivity index (χ1) is 39.2. The Morgan fingerprint density at radius 1 is 0.203 bits per heavy atom. The first kappa shape index (κ1) is 44.4. The van der Waals surface area contributed by atoms with Gasteiger partial charge in [-0.15, -0.1) is 0 Å². The minimum absolute atomic E-state index is 0.139. The molecule has 0 aliphatic carbocycles. The first-order valence-corrected chi connectivity index (χ1v) is 28.8. The number of hydrogen-bond acceptors (Lipinski definition) is 2. The van der Waals surface area contributed by atoms with Crippen LogP contribution < -0.4 is 0 Å². The minimum atomic E-state index is 0.139. The van der Waals surface area contributed by atoms with Crippen molar-refractivity contribution < 1.29 is 8.83 Å². The summed E-state index contributed by atoms with van der Waals surface area (Å²) in [5.41, 5.74) is 18.2. The van der Waals surface area contributed by atoms with Crippen molar-refractivity contribution in [3.8, 4) is 66.8 Å². The van der Waals surface area contributed by atoms with Crippen LogP contribution in [0.4, 0.5) is 0 Å². The van der Waals surface area contributed by atoms with Gasteiger partial charge in [0.25, 0.3) is 0 Å². The molecule has 0 N–H and O–H groups in total. The summed E-state index contributed by atoms with van der Waals surface area (Å²) in [6.07, 6.45) is 0. The monoisotopic (exact) mass is 1070 g/mol. The van der Waals surface area contributed by atoms with Gasteiger partial charge in [-0.25, -0.2) is 0 Å². The Kier molecular flexibility index (Phi) is 9.76. The van der Waals surface area contributed by atoms with Crippen LogP contribution in [-0.4, -0.2) is 14.5 Å². The van der Waals surface area contributed by atoms with Crippen molar-refractivity contribution in [2.45, 2.75) is 0 Å². The molecule has 0 unspecified atom stereocenters. The van der Waals surface area contributed by atoms with Crippen LogP contribution in [0.15, 0.2) is 276 Å². The molecule has 3 heterocycles. The molecule has 17 aromatic rings. The van der Waals surface area contributed by atoms with Crippen LogP contribution in [0.5, 0.6) is 0 Å². The Labute approximate surface area is 460 Å². The summed E-state index contributed by atoms with van der Waals surface area (Å²) in [5.74, 6) is 0. The van der Waals surface area contributed by atoms with E-state index in [-0.39, 0.29) is 14.5 Å². The van der Waals surface area contributed by atoms with E-state index in [1.54, 1.807) is 0 Å².